The van der Waals surface area contributed by atoms with Crippen LogP contribution in [0.3, 0.4) is 0 Å². The summed E-state index contributed by atoms with van der Waals surface area (Å²) in [5.74, 6) is 0. The maximum absolute atomic E-state index is 3.69. The van der Waals surface area contributed by atoms with E-state index in [0.29, 0.717) is 6.04 Å². The van der Waals surface area contributed by atoms with E-state index in [9.17, 15) is 0 Å². The zero-order valence-corrected chi connectivity index (χ0v) is 7.93. The van der Waals surface area contributed by atoms with Gasteiger partial charge in [0.1, 0.15) is 0 Å². The zero-order valence-electron chi connectivity index (χ0n) is 7.93. The van der Waals surface area contributed by atoms with Crippen LogP contribution in [0.15, 0.2) is 12.7 Å². The molecule has 1 atom stereocenters. The summed E-state index contributed by atoms with van der Waals surface area (Å²) in [5.41, 5.74) is 0. The fraction of sp³-hybridized carbons (Fsp3) is 0.778. The van der Waals surface area contributed by atoms with Crippen LogP contribution in [-0.4, -0.2) is 38.1 Å². The van der Waals surface area contributed by atoms with Crippen LogP contribution in [0.2, 0.25) is 0 Å². The summed E-state index contributed by atoms with van der Waals surface area (Å²) in [6, 6.07) is 0.562. The lowest BCUT2D eigenvalue weighted by Crippen LogP contribution is -2.32. The molecule has 0 aromatic carbocycles. The molecule has 0 radical (unpaired) electrons. The predicted octanol–water partition coefficient (Wildman–Crippen LogP) is 1.10. The van der Waals surface area contributed by atoms with Gasteiger partial charge in [0.05, 0.1) is 0 Å². The Morgan fingerprint density at radius 2 is 2.18 bits per heavy atom. The number of nitrogens with one attached hydrogen (secondary N) is 1. The second-order valence-corrected chi connectivity index (χ2v) is 3.18. The number of hydrogen-bond donors (Lipinski definition) is 1. The zero-order chi connectivity index (χ0) is 8.69. The van der Waals surface area contributed by atoms with Gasteiger partial charge in [-0.2, -0.15) is 0 Å². The van der Waals surface area contributed by atoms with Gasteiger partial charge < -0.3 is 10.2 Å². The van der Waals surface area contributed by atoms with Gasteiger partial charge in [-0.25, -0.2) is 0 Å². The van der Waals surface area contributed by atoms with Crippen molar-refractivity contribution in [3.05, 3.63) is 12.7 Å². The summed E-state index contributed by atoms with van der Waals surface area (Å²) >= 11 is 0. The minimum absolute atomic E-state index is 0.562. The van der Waals surface area contributed by atoms with E-state index in [1.54, 1.807) is 0 Å². The van der Waals surface area contributed by atoms with Crippen molar-refractivity contribution in [3.8, 4) is 0 Å². The first-order valence-corrected chi connectivity index (χ1v) is 4.15. The first-order valence-electron chi connectivity index (χ1n) is 4.15. The van der Waals surface area contributed by atoms with E-state index in [-0.39, 0.29) is 0 Å². The third-order valence-electron chi connectivity index (χ3n) is 1.57. The topological polar surface area (TPSA) is 15.3 Å². The molecule has 2 nitrogen and oxygen atoms in total. The van der Waals surface area contributed by atoms with Crippen LogP contribution in [0, 0.1) is 0 Å². The highest BCUT2D eigenvalue weighted by Gasteiger charge is 1.96. The molecule has 1 N–H and O–H groups in total. The molecule has 0 spiro atoms. The Morgan fingerprint density at radius 1 is 1.55 bits per heavy atom. The lowest BCUT2D eigenvalue weighted by atomic mass is 10.2. The Kier molecular flexibility index (Phi) is 6.18. The van der Waals surface area contributed by atoms with Crippen LogP contribution >= 0.6 is 0 Å². The lowest BCUT2D eigenvalue weighted by molar-refractivity contribution is 0.388. The highest BCUT2D eigenvalue weighted by molar-refractivity contribution is 4.74. The van der Waals surface area contributed by atoms with E-state index in [1.807, 2.05) is 6.08 Å². The van der Waals surface area contributed by atoms with Crippen LogP contribution in [-0.2, 0) is 0 Å². The molecular weight excluding hydrogens is 136 g/mol. The van der Waals surface area contributed by atoms with Crippen molar-refractivity contribution in [1.82, 2.24) is 10.2 Å². The van der Waals surface area contributed by atoms with Gasteiger partial charge in [0.15, 0.2) is 0 Å². The van der Waals surface area contributed by atoms with Crippen molar-refractivity contribution >= 4 is 0 Å². The third kappa shape index (κ3) is 7.56. The summed E-state index contributed by atoms with van der Waals surface area (Å²) in [7, 11) is 4.17. The monoisotopic (exact) mass is 156 g/mol. The molecule has 0 saturated carbocycles. The molecule has 1 unspecified atom stereocenters. The minimum Gasteiger partial charge on any atom is -0.313 e. The molecule has 0 rings (SSSR count). The molecule has 2 heteroatoms. The highest BCUT2D eigenvalue weighted by Crippen LogP contribution is 1.89. The lowest BCUT2D eigenvalue weighted by Gasteiger charge is -2.14. The normalized spacial score (nSPS) is 13.5. The second kappa shape index (κ2) is 6.38. The summed E-state index contributed by atoms with van der Waals surface area (Å²) in [6.07, 6.45) is 3.00. The first-order chi connectivity index (χ1) is 5.16. The van der Waals surface area contributed by atoms with E-state index in [2.05, 4.69) is 37.8 Å². The smallest absolute Gasteiger partial charge is 0.0101 e. The summed E-state index contributed by atoms with van der Waals surface area (Å²) in [5, 5.41) is 3.40. The molecule has 0 heterocycles. The Morgan fingerprint density at radius 3 is 2.64 bits per heavy atom. The van der Waals surface area contributed by atoms with Gasteiger partial charge in [-0.15, -0.1) is 6.58 Å². The van der Waals surface area contributed by atoms with Gasteiger partial charge >= 0.3 is 0 Å². The molecule has 0 aromatic rings. The van der Waals surface area contributed by atoms with Gasteiger partial charge in [-0.05, 0) is 27.4 Å². The van der Waals surface area contributed by atoms with Crippen LogP contribution in [0.5, 0.6) is 0 Å². The summed E-state index contributed by atoms with van der Waals surface area (Å²) in [4.78, 5) is 2.17. The number of nitrogens with zero attached hydrogens (tertiary/aromatic N) is 1. The van der Waals surface area contributed by atoms with Crippen LogP contribution < -0.4 is 5.32 Å². The maximum atomic E-state index is 3.69. The SMILES string of the molecule is C=CCC(C)NCCN(C)C. The van der Waals surface area contributed by atoms with E-state index < -0.39 is 0 Å². The molecule has 0 aliphatic heterocycles. The van der Waals surface area contributed by atoms with Crippen molar-refractivity contribution in [2.75, 3.05) is 27.2 Å². The average molecular weight is 156 g/mol. The molecule has 0 aliphatic carbocycles. The van der Waals surface area contributed by atoms with Gasteiger partial charge in [0, 0.05) is 19.1 Å². The number of rotatable bonds is 6. The number of hydrogen-bond acceptors (Lipinski definition) is 2. The predicted molar refractivity (Wildman–Crippen MR) is 50.8 cm³/mol. The fourth-order valence-electron chi connectivity index (χ4n) is 0.868. The Balaban J connectivity index is 3.16. The third-order valence-corrected chi connectivity index (χ3v) is 1.57. The molecular formula is C9H20N2. The van der Waals surface area contributed by atoms with E-state index >= 15 is 0 Å². The Hall–Kier alpha value is -0.340. The summed E-state index contributed by atoms with van der Waals surface area (Å²) in [6.45, 7) is 8.03. The molecule has 0 saturated heterocycles. The van der Waals surface area contributed by atoms with Crippen LogP contribution in [0.4, 0.5) is 0 Å². The van der Waals surface area contributed by atoms with Gasteiger partial charge in [0.25, 0.3) is 0 Å². The van der Waals surface area contributed by atoms with E-state index in [1.165, 1.54) is 0 Å². The first kappa shape index (κ1) is 10.7. The highest BCUT2D eigenvalue weighted by atomic mass is 15.1. The standard InChI is InChI=1S/C9H20N2/c1-5-6-9(2)10-7-8-11(3)4/h5,9-10H,1,6-8H2,2-4H3. The van der Waals surface area contributed by atoms with Gasteiger partial charge in [-0.3, -0.25) is 0 Å². The van der Waals surface area contributed by atoms with E-state index in [0.717, 1.165) is 19.5 Å². The molecule has 0 amide bonds. The molecule has 11 heavy (non-hydrogen) atoms. The Labute approximate surface area is 70.3 Å². The molecule has 0 aromatic heterocycles. The van der Waals surface area contributed by atoms with Crippen molar-refractivity contribution < 1.29 is 0 Å². The van der Waals surface area contributed by atoms with Crippen LogP contribution in [0.25, 0.3) is 0 Å². The summed E-state index contributed by atoms with van der Waals surface area (Å²) < 4.78 is 0. The molecule has 0 bridgehead atoms. The van der Waals surface area contributed by atoms with Gasteiger partial charge in [0.2, 0.25) is 0 Å². The molecule has 0 aliphatic rings. The van der Waals surface area contributed by atoms with Gasteiger partial charge in [-0.1, -0.05) is 6.08 Å². The Bertz CT molecular complexity index is 99.7. The average Bonchev–Trinajstić information content (AvgIpc) is 1.87. The molecule has 0 fully saturated rings. The largest absolute Gasteiger partial charge is 0.313 e. The quantitative estimate of drug-likeness (QED) is 0.579. The van der Waals surface area contributed by atoms with Crippen molar-refractivity contribution in [2.45, 2.75) is 19.4 Å². The molecule has 66 valence electrons. The van der Waals surface area contributed by atoms with E-state index in [4.69, 9.17) is 0 Å². The maximum Gasteiger partial charge on any atom is 0.0101 e. The minimum atomic E-state index is 0.562. The second-order valence-electron chi connectivity index (χ2n) is 3.18. The van der Waals surface area contributed by atoms with Crippen molar-refractivity contribution in [1.29, 1.82) is 0 Å². The fourth-order valence-corrected chi connectivity index (χ4v) is 0.868. The van der Waals surface area contributed by atoms with Crippen LogP contribution in [0.1, 0.15) is 13.3 Å². The van der Waals surface area contributed by atoms with Crippen molar-refractivity contribution in [3.63, 3.8) is 0 Å². The van der Waals surface area contributed by atoms with Crippen molar-refractivity contribution in [2.24, 2.45) is 0 Å². The number of likely N-dealkylation sites (N-methyl/N-ethyl adjacent to an activating group) is 1.